The van der Waals surface area contributed by atoms with Gasteiger partial charge < -0.3 is 15.5 Å². The summed E-state index contributed by atoms with van der Waals surface area (Å²) in [5.74, 6) is -2.28. The summed E-state index contributed by atoms with van der Waals surface area (Å²) in [6.07, 6.45) is -0.0310. The van der Waals surface area contributed by atoms with Crippen LogP contribution in [-0.4, -0.2) is 28.1 Å². The third-order valence-electron chi connectivity index (χ3n) is 3.02. The van der Waals surface area contributed by atoms with E-state index in [9.17, 15) is 14.4 Å². The van der Waals surface area contributed by atoms with E-state index in [1.54, 1.807) is 20.8 Å². The highest BCUT2D eigenvalue weighted by molar-refractivity contribution is 5.94. The minimum absolute atomic E-state index is 0.0689. The summed E-state index contributed by atoms with van der Waals surface area (Å²) in [7, 11) is 0. The summed E-state index contributed by atoms with van der Waals surface area (Å²) in [5.41, 5.74) is 0.664. The molecule has 114 valence electrons. The largest absolute Gasteiger partial charge is 0.481 e. The van der Waals surface area contributed by atoms with Gasteiger partial charge in [0.25, 0.3) is 0 Å². The Hall–Kier alpha value is -2.37. The molecule has 0 aliphatic rings. The number of carbonyl (C=O) groups is 3. The van der Waals surface area contributed by atoms with Crippen molar-refractivity contribution in [3.05, 3.63) is 29.3 Å². The van der Waals surface area contributed by atoms with E-state index in [0.717, 1.165) is 0 Å². The Morgan fingerprint density at radius 2 is 1.76 bits per heavy atom. The Bertz CT molecular complexity index is 577. The van der Waals surface area contributed by atoms with Gasteiger partial charge in [-0.15, -0.1) is 0 Å². The normalized spacial score (nSPS) is 11.0. The predicted molar refractivity (Wildman–Crippen MR) is 77.4 cm³/mol. The lowest BCUT2D eigenvalue weighted by atomic mass is 9.85. The second-order valence-electron chi connectivity index (χ2n) is 5.79. The minimum atomic E-state index is -1.03. The molecular weight excluding hydrogens is 274 g/mol. The van der Waals surface area contributed by atoms with Gasteiger partial charge in [-0.3, -0.25) is 9.59 Å². The molecule has 1 aromatic carbocycles. The van der Waals surface area contributed by atoms with Crippen LogP contribution in [0.2, 0.25) is 0 Å². The molecule has 0 fully saturated rings. The molecule has 0 unspecified atom stereocenters. The third-order valence-corrected chi connectivity index (χ3v) is 3.02. The average Bonchev–Trinajstić information content (AvgIpc) is 2.28. The molecule has 0 bridgehead atoms. The molecule has 1 aromatic rings. The van der Waals surface area contributed by atoms with Crippen LogP contribution in [0.1, 0.15) is 42.6 Å². The number of carboxylic acid groups (broad SMARTS) is 2. The van der Waals surface area contributed by atoms with Crippen LogP contribution in [0.5, 0.6) is 0 Å². The molecule has 0 aliphatic carbocycles. The summed E-state index contributed by atoms with van der Waals surface area (Å²) in [4.78, 5) is 33.5. The van der Waals surface area contributed by atoms with Crippen molar-refractivity contribution in [3.8, 4) is 0 Å². The first-order valence-corrected chi connectivity index (χ1v) is 6.46. The first-order chi connectivity index (χ1) is 9.60. The fraction of sp³-hybridized carbons (Fsp3) is 0.400. The average molecular weight is 293 g/mol. The van der Waals surface area contributed by atoms with Crippen molar-refractivity contribution in [1.29, 1.82) is 0 Å². The van der Waals surface area contributed by atoms with E-state index < -0.39 is 17.4 Å². The zero-order valence-electron chi connectivity index (χ0n) is 12.3. The van der Waals surface area contributed by atoms with Crippen LogP contribution in [0, 0.1) is 12.3 Å². The number of aliphatic carboxylic acids is 1. The number of carbonyl (C=O) groups excluding carboxylic acids is 1. The van der Waals surface area contributed by atoms with Gasteiger partial charge in [-0.2, -0.15) is 0 Å². The zero-order valence-corrected chi connectivity index (χ0v) is 12.3. The van der Waals surface area contributed by atoms with E-state index in [0.29, 0.717) is 11.3 Å². The van der Waals surface area contributed by atoms with Gasteiger partial charge in [-0.1, -0.05) is 13.8 Å². The van der Waals surface area contributed by atoms with E-state index in [2.05, 4.69) is 5.32 Å². The van der Waals surface area contributed by atoms with Crippen LogP contribution in [0.3, 0.4) is 0 Å². The molecule has 6 heteroatoms. The SMILES string of the molecule is Cc1cc(C(=O)O)ccc1NC(=O)CC(C)(C)CC(=O)O. The maximum Gasteiger partial charge on any atom is 0.335 e. The Balaban J connectivity index is 2.75. The molecule has 0 aromatic heterocycles. The topological polar surface area (TPSA) is 104 Å². The Kier molecular flexibility index (Phi) is 5.07. The van der Waals surface area contributed by atoms with Gasteiger partial charge >= 0.3 is 11.9 Å². The number of benzene rings is 1. The second-order valence-corrected chi connectivity index (χ2v) is 5.79. The molecule has 0 saturated carbocycles. The molecule has 0 aliphatic heterocycles. The number of aryl methyl sites for hydroxylation is 1. The van der Waals surface area contributed by atoms with Crippen LogP contribution in [0.15, 0.2) is 18.2 Å². The number of carboxylic acids is 2. The Labute approximate surface area is 122 Å². The molecule has 0 atom stereocenters. The number of hydrogen-bond acceptors (Lipinski definition) is 3. The van der Waals surface area contributed by atoms with Gasteiger partial charge in [-0.25, -0.2) is 4.79 Å². The minimum Gasteiger partial charge on any atom is -0.481 e. The molecule has 0 heterocycles. The van der Waals surface area contributed by atoms with Crippen molar-refractivity contribution in [1.82, 2.24) is 0 Å². The van der Waals surface area contributed by atoms with Gasteiger partial charge in [0.15, 0.2) is 0 Å². The first kappa shape index (κ1) is 16.7. The Morgan fingerprint density at radius 1 is 1.14 bits per heavy atom. The van der Waals surface area contributed by atoms with Crippen molar-refractivity contribution >= 4 is 23.5 Å². The molecule has 21 heavy (non-hydrogen) atoms. The first-order valence-electron chi connectivity index (χ1n) is 6.46. The monoisotopic (exact) mass is 293 g/mol. The summed E-state index contributed by atoms with van der Waals surface area (Å²) in [5, 5.41) is 20.3. The highest BCUT2D eigenvalue weighted by Crippen LogP contribution is 2.26. The summed E-state index contributed by atoms with van der Waals surface area (Å²) >= 11 is 0. The zero-order chi connectivity index (χ0) is 16.2. The van der Waals surface area contributed by atoms with Gasteiger partial charge in [0, 0.05) is 12.1 Å². The van der Waals surface area contributed by atoms with Crippen molar-refractivity contribution in [2.45, 2.75) is 33.6 Å². The van der Waals surface area contributed by atoms with Crippen LogP contribution in [-0.2, 0) is 9.59 Å². The molecule has 1 rings (SSSR count). The molecule has 6 nitrogen and oxygen atoms in total. The Morgan fingerprint density at radius 3 is 2.24 bits per heavy atom. The molecule has 0 saturated heterocycles. The maximum absolute atomic E-state index is 12.0. The lowest BCUT2D eigenvalue weighted by molar-refractivity contribution is -0.139. The maximum atomic E-state index is 12.0. The third kappa shape index (κ3) is 5.25. The standard InChI is InChI=1S/C15H19NO5/c1-9-6-10(14(20)21)4-5-11(9)16-12(17)7-15(2,3)8-13(18)19/h4-6H,7-8H2,1-3H3,(H,16,17)(H,18,19)(H,20,21). The lowest BCUT2D eigenvalue weighted by Gasteiger charge is -2.21. The number of rotatable bonds is 6. The van der Waals surface area contributed by atoms with Crippen molar-refractivity contribution in [2.75, 3.05) is 5.32 Å². The molecular formula is C15H19NO5. The molecule has 0 radical (unpaired) electrons. The summed E-state index contributed by atoms with van der Waals surface area (Å²) < 4.78 is 0. The van der Waals surface area contributed by atoms with Crippen molar-refractivity contribution < 1.29 is 24.6 Å². The highest BCUT2D eigenvalue weighted by atomic mass is 16.4. The van der Waals surface area contributed by atoms with E-state index in [1.807, 2.05) is 0 Å². The number of aromatic carboxylic acids is 1. The number of anilines is 1. The molecule has 0 spiro atoms. The summed E-state index contributed by atoms with van der Waals surface area (Å²) in [6.45, 7) is 5.12. The molecule has 3 N–H and O–H groups in total. The fourth-order valence-corrected chi connectivity index (χ4v) is 2.04. The van der Waals surface area contributed by atoms with Crippen molar-refractivity contribution in [3.63, 3.8) is 0 Å². The van der Waals surface area contributed by atoms with Crippen LogP contribution in [0.25, 0.3) is 0 Å². The van der Waals surface area contributed by atoms with E-state index >= 15 is 0 Å². The van der Waals surface area contributed by atoms with E-state index in [1.165, 1.54) is 18.2 Å². The van der Waals surface area contributed by atoms with Crippen LogP contribution < -0.4 is 5.32 Å². The van der Waals surface area contributed by atoms with Gasteiger partial charge in [0.2, 0.25) is 5.91 Å². The van der Waals surface area contributed by atoms with Crippen LogP contribution in [0.4, 0.5) is 5.69 Å². The smallest absolute Gasteiger partial charge is 0.335 e. The predicted octanol–water partition coefficient (Wildman–Crippen LogP) is 2.52. The van der Waals surface area contributed by atoms with Gasteiger partial charge in [0.05, 0.1) is 12.0 Å². The van der Waals surface area contributed by atoms with E-state index in [4.69, 9.17) is 10.2 Å². The summed E-state index contributed by atoms with van der Waals surface area (Å²) in [6, 6.07) is 4.41. The second kappa shape index (κ2) is 6.39. The lowest BCUT2D eigenvalue weighted by Crippen LogP contribution is -2.25. The number of amides is 1. The van der Waals surface area contributed by atoms with Crippen LogP contribution >= 0.6 is 0 Å². The van der Waals surface area contributed by atoms with E-state index in [-0.39, 0.29) is 24.3 Å². The van der Waals surface area contributed by atoms with Gasteiger partial charge in [0.1, 0.15) is 0 Å². The molecule has 1 amide bonds. The van der Waals surface area contributed by atoms with Crippen molar-refractivity contribution in [2.24, 2.45) is 5.41 Å². The van der Waals surface area contributed by atoms with Gasteiger partial charge in [-0.05, 0) is 36.1 Å². The fourth-order valence-electron chi connectivity index (χ4n) is 2.04. The quantitative estimate of drug-likeness (QED) is 0.747. The highest BCUT2D eigenvalue weighted by Gasteiger charge is 2.25. The number of nitrogens with one attached hydrogen (secondary N) is 1. The number of hydrogen-bond donors (Lipinski definition) is 3.